The molecule has 3 N–H and O–H groups in total. The molecule has 1 heterocycles. The van der Waals surface area contributed by atoms with E-state index in [9.17, 15) is 4.79 Å². The Balaban J connectivity index is 2.45. The lowest BCUT2D eigenvalue weighted by molar-refractivity contribution is -0.117. The van der Waals surface area contributed by atoms with Gasteiger partial charge in [0.2, 0.25) is 5.91 Å². The Bertz CT molecular complexity index is 303. The maximum Gasteiger partial charge on any atom is 0.219 e. The molecule has 0 spiro atoms. The summed E-state index contributed by atoms with van der Waals surface area (Å²) in [5.74, 6) is -0.308. The van der Waals surface area contributed by atoms with Crippen LogP contribution >= 0.6 is 15.9 Å². The van der Waals surface area contributed by atoms with Gasteiger partial charge in [0, 0.05) is 25.4 Å². The topological polar surface area (TPSA) is 68.0 Å². The molecule has 0 aliphatic heterocycles. The van der Waals surface area contributed by atoms with E-state index in [4.69, 9.17) is 5.73 Å². The van der Waals surface area contributed by atoms with E-state index in [0.717, 1.165) is 10.2 Å². The van der Waals surface area contributed by atoms with Crippen molar-refractivity contribution in [1.29, 1.82) is 0 Å². The van der Waals surface area contributed by atoms with Crippen molar-refractivity contribution < 1.29 is 4.79 Å². The largest absolute Gasteiger partial charge is 0.384 e. The zero-order chi connectivity index (χ0) is 9.68. The molecule has 0 aromatic carbocycles. The predicted molar refractivity (Wildman–Crippen MR) is 54.2 cm³/mol. The minimum Gasteiger partial charge on any atom is -0.384 e. The molecule has 13 heavy (non-hydrogen) atoms. The second-order valence-corrected chi connectivity index (χ2v) is 3.35. The number of primary amides is 1. The van der Waals surface area contributed by atoms with Crippen LogP contribution in [0.15, 0.2) is 22.9 Å². The summed E-state index contributed by atoms with van der Waals surface area (Å²) in [5, 5.41) is 3.06. The summed E-state index contributed by atoms with van der Waals surface area (Å²) in [6.45, 7) is 0.540. The molecule has 0 fully saturated rings. The van der Waals surface area contributed by atoms with Crippen molar-refractivity contribution in [3.05, 3.63) is 22.9 Å². The number of halogens is 1. The number of anilines is 1. The lowest BCUT2D eigenvalue weighted by Crippen LogP contribution is -2.15. The lowest BCUT2D eigenvalue weighted by atomic mass is 10.3. The number of carbonyl (C=O) groups excluding carboxylic acids is 1. The highest BCUT2D eigenvalue weighted by molar-refractivity contribution is 9.10. The summed E-state index contributed by atoms with van der Waals surface area (Å²) in [6, 6.07) is 1.82. The highest BCUT2D eigenvalue weighted by Crippen LogP contribution is 2.19. The molecular formula is C8H10BrN3O. The molecular weight excluding hydrogens is 234 g/mol. The lowest BCUT2D eigenvalue weighted by Gasteiger charge is -2.05. The molecule has 0 radical (unpaired) electrons. The first kappa shape index (κ1) is 9.98. The quantitative estimate of drug-likeness (QED) is 0.834. The number of hydrogen-bond acceptors (Lipinski definition) is 3. The molecule has 0 aliphatic rings. The van der Waals surface area contributed by atoms with Crippen LogP contribution < -0.4 is 11.1 Å². The predicted octanol–water partition coefficient (Wildman–Crippen LogP) is 1.13. The fourth-order valence-electron chi connectivity index (χ4n) is 0.839. The van der Waals surface area contributed by atoms with E-state index in [1.807, 2.05) is 6.07 Å². The van der Waals surface area contributed by atoms with Gasteiger partial charge in [-0.2, -0.15) is 0 Å². The summed E-state index contributed by atoms with van der Waals surface area (Å²) in [5.41, 5.74) is 5.90. The fraction of sp³-hybridized carbons (Fsp3) is 0.250. The van der Waals surface area contributed by atoms with Gasteiger partial charge in [0.25, 0.3) is 0 Å². The van der Waals surface area contributed by atoms with Crippen LogP contribution in [0.4, 0.5) is 5.69 Å². The number of nitrogens with one attached hydrogen (secondary N) is 1. The minimum atomic E-state index is -0.308. The number of pyridine rings is 1. The van der Waals surface area contributed by atoms with E-state index in [1.54, 1.807) is 12.4 Å². The second kappa shape index (κ2) is 4.81. The molecule has 0 saturated heterocycles. The normalized spacial score (nSPS) is 9.62. The van der Waals surface area contributed by atoms with Crippen LogP contribution in [0.25, 0.3) is 0 Å². The van der Waals surface area contributed by atoms with E-state index in [2.05, 4.69) is 26.2 Å². The molecule has 0 bridgehead atoms. The van der Waals surface area contributed by atoms with E-state index >= 15 is 0 Å². The summed E-state index contributed by atoms with van der Waals surface area (Å²) in [4.78, 5) is 14.3. The standard InChI is InChI=1S/C8H10BrN3O/c9-6-5-11-3-1-7(6)12-4-2-8(10)13/h1,3,5H,2,4H2,(H2,10,13)(H,11,12). The third-order valence-electron chi connectivity index (χ3n) is 1.46. The molecule has 0 aliphatic carbocycles. The molecule has 1 rings (SSSR count). The van der Waals surface area contributed by atoms with E-state index < -0.39 is 0 Å². The van der Waals surface area contributed by atoms with Gasteiger partial charge in [-0.05, 0) is 22.0 Å². The average molecular weight is 244 g/mol. The van der Waals surface area contributed by atoms with Crippen molar-refractivity contribution in [1.82, 2.24) is 4.98 Å². The van der Waals surface area contributed by atoms with Crippen LogP contribution in [-0.2, 0) is 4.79 Å². The van der Waals surface area contributed by atoms with E-state index in [0.29, 0.717) is 13.0 Å². The van der Waals surface area contributed by atoms with Gasteiger partial charge in [-0.15, -0.1) is 0 Å². The number of aromatic nitrogens is 1. The fourth-order valence-corrected chi connectivity index (χ4v) is 1.23. The first-order chi connectivity index (χ1) is 6.20. The van der Waals surface area contributed by atoms with Crippen LogP contribution in [0.3, 0.4) is 0 Å². The zero-order valence-corrected chi connectivity index (χ0v) is 8.54. The van der Waals surface area contributed by atoms with Gasteiger partial charge < -0.3 is 11.1 Å². The summed E-state index contributed by atoms with van der Waals surface area (Å²) < 4.78 is 0.875. The van der Waals surface area contributed by atoms with Gasteiger partial charge in [-0.25, -0.2) is 0 Å². The molecule has 1 amide bonds. The Kier molecular flexibility index (Phi) is 3.70. The van der Waals surface area contributed by atoms with Crippen molar-refractivity contribution in [2.75, 3.05) is 11.9 Å². The summed E-state index contributed by atoms with van der Waals surface area (Å²) in [7, 11) is 0. The number of carbonyl (C=O) groups is 1. The molecule has 4 nitrogen and oxygen atoms in total. The van der Waals surface area contributed by atoms with Crippen molar-refractivity contribution >= 4 is 27.5 Å². The monoisotopic (exact) mass is 243 g/mol. The molecule has 70 valence electrons. The van der Waals surface area contributed by atoms with Gasteiger partial charge in [-0.3, -0.25) is 9.78 Å². The van der Waals surface area contributed by atoms with Gasteiger partial charge in [0.15, 0.2) is 0 Å². The van der Waals surface area contributed by atoms with Gasteiger partial charge in [0.05, 0.1) is 10.2 Å². The van der Waals surface area contributed by atoms with Crippen LogP contribution in [-0.4, -0.2) is 17.4 Å². The molecule has 0 unspecified atom stereocenters. The number of nitrogens with zero attached hydrogens (tertiary/aromatic N) is 1. The molecule has 1 aromatic rings. The minimum absolute atomic E-state index is 0.308. The highest BCUT2D eigenvalue weighted by atomic mass is 79.9. The van der Waals surface area contributed by atoms with Crippen molar-refractivity contribution in [2.45, 2.75) is 6.42 Å². The van der Waals surface area contributed by atoms with Gasteiger partial charge >= 0.3 is 0 Å². The Morgan fingerprint density at radius 1 is 1.69 bits per heavy atom. The van der Waals surface area contributed by atoms with Crippen molar-refractivity contribution in [3.63, 3.8) is 0 Å². The molecule has 0 saturated carbocycles. The first-order valence-electron chi connectivity index (χ1n) is 3.82. The Labute approximate surface area is 84.7 Å². The Morgan fingerprint density at radius 2 is 2.46 bits per heavy atom. The van der Waals surface area contributed by atoms with Crippen LogP contribution in [0, 0.1) is 0 Å². The first-order valence-corrected chi connectivity index (χ1v) is 4.61. The Morgan fingerprint density at radius 3 is 3.08 bits per heavy atom. The number of amides is 1. The van der Waals surface area contributed by atoms with E-state index in [1.165, 1.54) is 0 Å². The number of rotatable bonds is 4. The van der Waals surface area contributed by atoms with Crippen molar-refractivity contribution in [3.8, 4) is 0 Å². The average Bonchev–Trinajstić information content (AvgIpc) is 2.08. The third kappa shape index (κ3) is 3.42. The number of hydrogen-bond donors (Lipinski definition) is 2. The summed E-state index contributed by atoms with van der Waals surface area (Å²) in [6.07, 6.45) is 3.69. The van der Waals surface area contributed by atoms with Gasteiger partial charge in [0.1, 0.15) is 0 Å². The number of nitrogens with two attached hydrogens (primary N) is 1. The molecule has 1 aromatic heterocycles. The Hall–Kier alpha value is -1.10. The third-order valence-corrected chi connectivity index (χ3v) is 2.09. The van der Waals surface area contributed by atoms with Crippen LogP contribution in [0.1, 0.15) is 6.42 Å². The molecule has 5 heteroatoms. The maximum atomic E-state index is 10.4. The SMILES string of the molecule is NC(=O)CCNc1ccncc1Br. The maximum absolute atomic E-state index is 10.4. The van der Waals surface area contributed by atoms with Gasteiger partial charge in [-0.1, -0.05) is 0 Å². The molecule has 0 atom stereocenters. The van der Waals surface area contributed by atoms with E-state index in [-0.39, 0.29) is 5.91 Å². The van der Waals surface area contributed by atoms with Crippen molar-refractivity contribution in [2.24, 2.45) is 5.73 Å². The smallest absolute Gasteiger partial charge is 0.219 e. The second-order valence-electron chi connectivity index (χ2n) is 2.50. The highest BCUT2D eigenvalue weighted by Gasteiger charge is 1.98. The van der Waals surface area contributed by atoms with Crippen LogP contribution in [0.5, 0.6) is 0 Å². The zero-order valence-electron chi connectivity index (χ0n) is 6.96. The summed E-state index contributed by atoms with van der Waals surface area (Å²) >= 11 is 3.32. The van der Waals surface area contributed by atoms with Crippen LogP contribution in [0.2, 0.25) is 0 Å².